The average Bonchev–Trinajstić information content (AvgIpc) is 2.55. The summed E-state index contributed by atoms with van der Waals surface area (Å²) in [5, 5.41) is 7.88. The molecule has 16 heavy (non-hydrogen) atoms. The van der Waals surface area contributed by atoms with Crippen molar-refractivity contribution in [3.63, 3.8) is 0 Å². The Labute approximate surface area is 103 Å². The summed E-state index contributed by atoms with van der Waals surface area (Å²) < 4.78 is 0. The van der Waals surface area contributed by atoms with Crippen molar-refractivity contribution >= 4 is 34.7 Å². The third kappa shape index (κ3) is 1.69. The molecule has 80 valence electrons. The van der Waals surface area contributed by atoms with Gasteiger partial charge in [-0.15, -0.1) is 11.6 Å². The van der Waals surface area contributed by atoms with Gasteiger partial charge >= 0.3 is 0 Å². The van der Waals surface area contributed by atoms with Crippen molar-refractivity contribution in [1.29, 1.82) is 5.26 Å². The second-order valence-electron chi connectivity index (χ2n) is 3.36. The molecule has 1 unspecified atom stereocenters. The SMILES string of the molecule is N#CC(Cl)CN1C(=O)c2ccccc2C1=S. The molecule has 0 saturated carbocycles. The first-order chi connectivity index (χ1) is 7.65. The molecule has 1 heterocycles. The quantitative estimate of drug-likeness (QED) is 0.595. The molecule has 0 aromatic heterocycles. The van der Waals surface area contributed by atoms with Gasteiger partial charge in [0, 0.05) is 5.56 Å². The zero-order valence-corrected chi connectivity index (χ0v) is 9.76. The van der Waals surface area contributed by atoms with Gasteiger partial charge in [0.1, 0.15) is 10.4 Å². The maximum absolute atomic E-state index is 11.9. The summed E-state index contributed by atoms with van der Waals surface area (Å²) in [6, 6.07) is 9.00. The van der Waals surface area contributed by atoms with Crippen LogP contribution in [0.25, 0.3) is 0 Å². The lowest BCUT2D eigenvalue weighted by atomic mass is 10.1. The third-order valence-corrected chi connectivity index (χ3v) is 3.04. The molecule has 0 aliphatic carbocycles. The van der Waals surface area contributed by atoms with E-state index in [0.717, 1.165) is 5.56 Å². The van der Waals surface area contributed by atoms with Crippen molar-refractivity contribution in [2.75, 3.05) is 6.54 Å². The molecule has 0 spiro atoms. The number of rotatable bonds is 2. The van der Waals surface area contributed by atoms with Crippen molar-refractivity contribution in [2.45, 2.75) is 5.38 Å². The highest BCUT2D eigenvalue weighted by molar-refractivity contribution is 7.80. The second-order valence-corrected chi connectivity index (χ2v) is 4.28. The number of nitriles is 1. The topological polar surface area (TPSA) is 44.1 Å². The van der Waals surface area contributed by atoms with Crippen molar-refractivity contribution in [3.8, 4) is 6.07 Å². The number of amides is 1. The minimum atomic E-state index is -0.740. The van der Waals surface area contributed by atoms with Gasteiger partial charge in [0.2, 0.25) is 0 Å². The van der Waals surface area contributed by atoms with E-state index in [2.05, 4.69) is 0 Å². The molecule has 0 saturated heterocycles. The van der Waals surface area contributed by atoms with Gasteiger partial charge in [-0.3, -0.25) is 9.69 Å². The Balaban J connectivity index is 2.33. The number of thiocarbonyl (C=S) groups is 1. The predicted molar refractivity (Wildman–Crippen MR) is 64.4 cm³/mol. The van der Waals surface area contributed by atoms with Crippen LogP contribution in [-0.4, -0.2) is 27.7 Å². The van der Waals surface area contributed by atoms with Crippen LogP contribution in [0.1, 0.15) is 15.9 Å². The van der Waals surface area contributed by atoms with Crippen LogP contribution in [0.3, 0.4) is 0 Å². The fraction of sp³-hybridized carbons (Fsp3) is 0.182. The van der Waals surface area contributed by atoms with Gasteiger partial charge in [0.25, 0.3) is 5.91 Å². The smallest absolute Gasteiger partial charge is 0.259 e. The van der Waals surface area contributed by atoms with Gasteiger partial charge in [0.15, 0.2) is 0 Å². The third-order valence-electron chi connectivity index (χ3n) is 2.36. The summed E-state index contributed by atoms with van der Waals surface area (Å²) >= 11 is 10.9. The largest absolute Gasteiger partial charge is 0.296 e. The van der Waals surface area contributed by atoms with Crippen molar-refractivity contribution in [2.24, 2.45) is 0 Å². The molecule has 1 aliphatic rings. The summed E-state index contributed by atoms with van der Waals surface area (Å²) in [6.07, 6.45) is 0. The molecular weight excluding hydrogens is 244 g/mol. The second kappa shape index (κ2) is 4.20. The zero-order chi connectivity index (χ0) is 11.7. The summed E-state index contributed by atoms with van der Waals surface area (Å²) in [6.45, 7) is 0.129. The Morgan fingerprint density at radius 3 is 2.62 bits per heavy atom. The molecule has 2 rings (SSSR count). The van der Waals surface area contributed by atoms with E-state index in [1.54, 1.807) is 18.2 Å². The minimum Gasteiger partial charge on any atom is -0.296 e. The predicted octanol–water partition coefficient (Wildman–Crippen LogP) is 1.95. The summed E-state index contributed by atoms with van der Waals surface area (Å²) in [7, 11) is 0. The summed E-state index contributed by atoms with van der Waals surface area (Å²) in [5.41, 5.74) is 1.32. The van der Waals surface area contributed by atoms with Gasteiger partial charge in [-0.25, -0.2) is 0 Å². The number of alkyl halides is 1. The highest BCUT2D eigenvalue weighted by Gasteiger charge is 2.32. The van der Waals surface area contributed by atoms with Crippen LogP contribution in [0.2, 0.25) is 0 Å². The van der Waals surface area contributed by atoms with Gasteiger partial charge in [-0.2, -0.15) is 5.26 Å². The van der Waals surface area contributed by atoms with E-state index < -0.39 is 5.38 Å². The number of hydrogen-bond acceptors (Lipinski definition) is 3. The number of hydrogen-bond donors (Lipinski definition) is 0. The molecule has 1 atom stereocenters. The standard InChI is InChI=1S/C11H7ClN2OS/c12-7(5-13)6-14-10(15)8-3-1-2-4-9(8)11(14)16/h1-4,7H,6H2. The van der Waals surface area contributed by atoms with Crippen LogP contribution in [-0.2, 0) is 0 Å². The lowest BCUT2D eigenvalue weighted by Crippen LogP contribution is -2.34. The number of fused-ring (bicyclic) bond motifs is 1. The first kappa shape index (κ1) is 11.1. The van der Waals surface area contributed by atoms with Crippen LogP contribution >= 0.6 is 23.8 Å². The highest BCUT2D eigenvalue weighted by Crippen LogP contribution is 2.23. The first-order valence-corrected chi connectivity index (χ1v) is 5.48. The van der Waals surface area contributed by atoms with E-state index in [1.165, 1.54) is 4.90 Å². The maximum Gasteiger partial charge on any atom is 0.259 e. The van der Waals surface area contributed by atoms with Gasteiger partial charge in [-0.1, -0.05) is 30.4 Å². The number of carbonyl (C=O) groups excluding carboxylic acids is 1. The van der Waals surface area contributed by atoms with Gasteiger partial charge in [-0.05, 0) is 6.07 Å². The Morgan fingerprint density at radius 2 is 2.06 bits per heavy atom. The van der Waals surface area contributed by atoms with E-state index in [-0.39, 0.29) is 12.5 Å². The Bertz CT molecular complexity index is 474. The molecule has 5 heteroatoms. The molecule has 3 nitrogen and oxygen atoms in total. The van der Waals surface area contributed by atoms with Crippen LogP contribution in [0.4, 0.5) is 0 Å². The van der Waals surface area contributed by atoms with Crippen LogP contribution < -0.4 is 0 Å². The minimum absolute atomic E-state index is 0.129. The molecule has 0 radical (unpaired) electrons. The average molecular weight is 251 g/mol. The molecule has 0 fully saturated rings. The Morgan fingerprint density at radius 1 is 1.44 bits per heavy atom. The van der Waals surface area contributed by atoms with Crippen molar-refractivity contribution in [1.82, 2.24) is 4.90 Å². The number of carbonyl (C=O) groups is 1. The first-order valence-electron chi connectivity index (χ1n) is 4.64. The van der Waals surface area contributed by atoms with Gasteiger partial charge in [0.05, 0.1) is 18.2 Å². The maximum atomic E-state index is 11.9. The molecule has 1 aromatic carbocycles. The number of halogens is 1. The van der Waals surface area contributed by atoms with E-state index in [9.17, 15) is 4.79 Å². The Hall–Kier alpha value is -1.44. The van der Waals surface area contributed by atoms with Crippen LogP contribution in [0.15, 0.2) is 24.3 Å². The van der Waals surface area contributed by atoms with Gasteiger partial charge < -0.3 is 0 Å². The summed E-state index contributed by atoms with van der Waals surface area (Å²) in [4.78, 5) is 13.8. The zero-order valence-electron chi connectivity index (χ0n) is 8.18. The fourth-order valence-corrected chi connectivity index (χ4v) is 2.08. The van der Waals surface area contributed by atoms with Crippen LogP contribution in [0, 0.1) is 11.3 Å². The fourth-order valence-electron chi connectivity index (χ4n) is 1.61. The molecule has 1 aromatic rings. The Kier molecular flexibility index (Phi) is 2.90. The molecule has 1 aliphatic heterocycles. The number of nitrogens with zero attached hydrogens (tertiary/aromatic N) is 2. The van der Waals surface area contributed by atoms with Crippen LogP contribution in [0.5, 0.6) is 0 Å². The van der Waals surface area contributed by atoms with E-state index in [1.807, 2.05) is 12.1 Å². The lowest BCUT2D eigenvalue weighted by molar-refractivity contribution is 0.0864. The normalized spacial score (nSPS) is 15.9. The molecular formula is C11H7ClN2OS. The summed E-state index contributed by atoms with van der Waals surface area (Å²) in [5.74, 6) is -0.179. The monoisotopic (exact) mass is 250 g/mol. The van der Waals surface area contributed by atoms with Crippen molar-refractivity contribution < 1.29 is 4.79 Å². The van der Waals surface area contributed by atoms with E-state index in [4.69, 9.17) is 29.1 Å². The lowest BCUT2D eigenvalue weighted by Gasteiger charge is -2.15. The van der Waals surface area contributed by atoms with E-state index >= 15 is 0 Å². The molecule has 0 bridgehead atoms. The van der Waals surface area contributed by atoms with E-state index in [0.29, 0.717) is 10.6 Å². The highest BCUT2D eigenvalue weighted by atomic mass is 35.5. The molecule has 1 amide bonds. The molecule has 0 N–H and O–H groups in total. The van der Waals surface area contributed by atoms with Crippen molar-refractivity contribution in [3.05, 3.63) is 35.4 Å². The number of benzene rings is 1.